The zero-order valence-corrected chi connectivity index (χ0v) is 11.3. The lowest BCUT2D eigenvalue weighted by Gasteiger charge is -2.33. The zero-order chi connectivity index (χ0) is 11.0. The van der Waals surface area contributed by atoms with E-state index in [1.807, 2.05) is 0 Å². The van der Waals surface area contributed by atoms with Crippen LogP contribution < -0.4 is 0 Å². The van der Waals surface area contributed by atoms with Gasteiger partial charge in [0.15, 0.2) is 0 Å². The molecule has 0 atom stereocenters. The largest absolute Gasteiger partial charge is 0.107 e. The molecule has 0 saturated carbocycles. The van der Waals surface area contributed by atoms with Gasteiger partial charge >= 0.3 is 0 Å². The van der Waals surface area contributed by atoms with E-state index in [1.165, 1.54) is 38.5 Å². The first-order chi connectivity index (χ1) is 6.60. The highest BCUT2D eigenvalue weighted by molar-refractivity contribution is 6.44. The molecule has 0 N–H and O–H groups in total. The maximum absolute atomic E-state index is 5.81. The molecule has 86 valence electrons. The smallest absolute Gasteiger partial charge is 0.105 e. The molecule has 0 amide bonds. The summed E-state index contributed by atoms with van der Waals surface area (Å²) in [6, 6.07) is 0. The van der Waals surface area contributed by atoms with Crippen molar-refractivity contribution in [1.82, 2.24) is 0 Å². The number of rotatable bonds is 8. The summed E-state index contributed by atoms with van der Waals surface area (Å²) in [7, 11) is 0. The van der Waals surface area contributed by atoms with E-state index in [0.29, 0.717) is 5.41 Å². The first-order valence-corrected chi connectivity index (χ1v) is 6.75. The first kappa shape index (κ1) is 14.6. The quantitative estimate of drug-likeness (QED) is 0.486. The minimum atomic E-state index is -0.186. The molecule has 0 saturated heterocycles. The Morgan fingerprint density at radius 1 is 0.929 bits per heavy atom. The Morgan fingerprint density at radius 3 is 1.71 bits per heavy atom. The number of halogens is 2. The second kappa shape index (κ2) is 7.82. The molecule has 0 aliphatic heterocycles. The van der Waals surface area contributed by atoms with Crippen molar-refractivity contribution in [3.8, 4) is 0 Å². The average molecular weight is 239 g/mol. The SMILES string of the molecule is CCCC(CC)(CCC)CCC(Cl)Cl. The lowest BCUT2D eigenvalue weighted by molar-refractivity contribution is 0.201. The van der Waals surface area contributed by atoms with Crippen LogP contribution in [-0.4, -0.2) is 4.84 Å². The minimum absolute atomic E-state index is 0.186. The monoisotopic (exact) mass is 238 g/mol. The summed E-state index contributed by atoms with van der Waals surface area (Å²) >= 11 is 11.6. The molecule has 0 fully saturated rings. The van der Waals surface area contributed by atoms with Crippen molar-refractivity contribution in [2.75, 3.05) is 0 Å². The van der Waals surface area contributed by atoms with Gasteiger partial charge in [0.25, 0.3) is 0 Å². The molecule has 0 nitrogen and oxygen atoms in total. The standard InChI is InChI=1S/C12H24Cl2/c1-4-8-12(6-3,9-5-2)10-7-11(13)14/h11H,4-10H2,1-3H3. The van der Waals surface area contributed by atoms with Crippen LogP contribution in [0.4, 0.5) is 0 Å². The molecular weight excluding hydrogens is 215 g/mol. The molecule has 0 aliphatic carbocycles. The van der Waals surface area contributed by atoms with E-state index < -0.39 is 0 Å². The molecule has 0 spiro atoms. The van der Waals surface area contributed by atoms with Crippen molar-refractivity contribution in [1.29, 1.82) is 0 Å². The number of alkyl halides is 2. The highest BCUT2D eigenvalue weighted by Gasteiger charge is 2.26. The Kier molecular flexibility index (Phi) is 8.14. The fraction of sp³-hybridized carbons (Fsp3) is 1.00. The summed E-state index contributed by atoms with van der Waals surface area (Å²) in [5.41, 5.74) is 0.505. The molecule has 0 aromatic carbocycles. The Morgan fingerprint density at radius 2 is 1.43 bits per heavy atom. The highest BCUT2D eigenvalue weighted by atomic mass is 35.5. The van der Waals surface area contributed by atoms with Crippen molar-refractivity contribution in [3.05, 3.63) is 0 Å². The van der Waals surface area contributed by atoms with Crippen molar-refractivity contribution in [3.63, 3.8) is 0 Å². The van der Waals surface area contributed by atoms with E-state index in [-0.39, 0.29) is 4.84 Å². The minimum Gasteiger partial charge on any atom is -0.105 e. The van der Waals surface area contributed by atoms with Gasteiger partial charge in [-0.2, -0.15) is 0 Å². The van der Waals surface area contributed by atoms with Crippen LogP contribution in [0.25, 0.3) is 0 Å². The maximum atomic E-state index is 5.81. The second-order valence-electron chi connectivity index (χ2n) is 4.28. The molecular formula is C12H24Cl2. The third-order valence-electron chi connectivity index (χ3n) is 3.20. The molecule has 0 radical (unpaired) electrons. The molecule has 14 heavy (non-hydrogen) atoms. The van der Waals surface area contributed by atoms with Gasteiger partial charge in [-0.1, -0.05) is 40.0 Å². The molecule has 0 unspecified atom stereocenters. The van der Waals surface area contributed by atoms with Crippen LogP contribution in [0.2, 0.25) is 0 Å². The highest BCUT2D eigenvalue weighted by Crippen LogP contribution is 2.39. The van der Waals surface area contributed by atoms with Crippen LogP contribution in [-0.2, 0) is 0 Å². The van der Waals surface area contributed by atoms with E-state index in [9.17, 15) is 0 Å². The van der Waals surface area contributed by atoms with Crippen LogP contribution in [0.1, 0.15) is 65.7 Å². The van der Waals surface area contributed by atoms with E-state index >= 15 is 0 Å². The van der Waals surface area contributed by atoms with E-state index in [2.05, 4.69) is 20.8 Å². The fourth-order valence-electron chi connectivity index (χ4n) is 2.38. The molecule has 2 heteroatoms. The van der Waals surface area contributed by atoms with Crippen molar-refractivity contribution < 1.29 is 0 Å². The van der Waals surface area contributed by atoms with Gasteiger partial charge in [-0.25, -0.2) is 0 Å². The Bertz CT molecular complexity index is 126. The predicted molar refractivity (Wildman–Crippen MR) is 67.3 cm³/mol. The normalized spacial score (nSPS) is 12.4. The summed E-state index contributed by atoms with van der Waals surface area (Å²) in [4.78, 5) is -0.186. The Balaban J connectivity index is 4.17. The average Bonchev–Trinajstić information content (AvgIpc) is 2.15. The molecule has 0 rings (SSSR count). The summed E-state index contributed by atoms with van der Waals surface area (Å²) < 4.78 is 0. The van der Waals surface area contributed by atoms with E-state index in [0.717, 1.165) is 6.42 Å². The van der Waals surface area contributed by atoms with Gasteiger partial charge in [-0.05, 0) is 31.1 Å². The van der Waals surface area contributed by atoms with Crippen LogP contribution in [0.15, 0.2) is 0 Å². The molecule has 0 bridgehead atoms. The van der Waals surface area contributed by atoms with Crippen LogP contribution in [0.5, 0.6) is 0 Å². The van der Waals surface area contributed by atoms with E-state index in [1.54, 1.807) is 0 Å². The zero-order valence-electron chi connectivity index (χ0n) is 9.78. The van der Waals surface area contributed by atoms with Gasteiger partial charge in [0.2, 0.25) is 0 Å². The molecule has 0 aromatic rings. The summed E-state index contributed by atoms with van der Waals surface area (Å²) in [5.74, 6) is 0. The number of hydrogen-bond donors (Lipinski definition) is 0. The molecule has 0 heterocycles. The van der Waals surface area contributed by atoms with Gasteiger partial charge in [0, 0.05) is 0 Å². The summed E-state index contributed by atoms with van der Waals surface area (Å²) in [5, 5.41) is 0. The van der Waals surface area contributed by atoms with Crippen molar-refractivity contribution >= 4 is 23.2 Å². The van der Waals surface area contributed by atoms with Gasteiger partial charge in [0.05, 0.1) is 0 Å². The third-order valence-corrected chi connectivity index (χ3v) is 3.64. The van der Waals surface area contributed by atoms with Crippen LogP contribution in [0.3, 0.4) is 0 Å². The predicted octanol–water partition coefficient (Wildman–Crippen LogP) is 5.57. The summed E-state index contributed by atoms with van der Waals surface area (Å²) in [6.45, 7) is 6.82. The maximum Gasteiger partial charge on any atom is 0.107 e. The number of hydrogen-bond acceptors (Lipinski definition) is 0. The van der Waals surface area contributed by atoms with Crippen LogP contribution in [0, 0.1) is 5.41 Å². The van der Waals surface area contributed by atoms with Crippen molar-refractivity contribution in [2.24, 2.45) is 5.41 Å². The summed E-state index contributed by atoms with van der Waals surface area (Å²) in [6.07, 6.45) is 8.55. The first-order valence-electron chi connectivity index (χ1n) is 5.88. The van der Waals surface area contributed by atoms with Gasteiger partial charge in [0.1, 0.15) is 4.84 Å². The topological polar surface area (TPSA) is 0 Å². The van der Waals surface area contributed by atoms with Gasteiger partial charge in [-0.3, -0.25) is 0 Å². The van der Waals surface area contributed by atoms with Gasteiger partial charge in [-0.15, -0.1) is 23.2 Å². The Hall–Kier alpha value is 0.580. The lowest BCUT2D eigenvalue weighted by Crippen LogP contribution is -2.20. The fourth-order valence-corrected chi connectivity index (χ4v) is 2.60. The van der Waals surface area contributed by atoms with Crippen LogP contribution >= 0.6 is 23.2 Å². The van der Waals surface area contributed by atoms with E-state index in [4.69, 9.17) is 23.2 Å². The van der Waals surface area contributed by atoms with Gasteiger partial charge < -0.3 is 0 Å². The molecule has 0 aromatic heterocycles. The third kappa shape index (κ3) is 5.46. The molecule has 0 aliphatic rings. The lowest BCUT2D eigenvalue weighted by atomic mass is 9.74. The van der Waals surface area contributed by atoms with Crippen molar-refractivity contribution in [2.45, 2.75) is 70.6 Å². The second-order valence-corrected chi connectivity index (χ2v) is 5.56. The Labute approximate surface area is 99.4 Å².